The van der Waals surface area contributed by atoms with Crippen LogP contribution in [0.25, 0.3) is 0 Å². The highest BCUT2D eigenvalue weighted by Gasteiger charge is 2.14. The Balaban J connectivity index is 0.00000450. The highest BCUT2D eigenvalue weighted by atomic mass is 127. The number of benzene rings is 2. The molecule has 0 saturated heterocycles. The topological polar surface area (TPSA) is 82.6 Å². The van der Waals surface area contributed by atoms with Gasteiger partial charge in [0.2, 0.25) is 0 Å². The van der Waals surface area contributed by atoms with Gasteiger partial charge in [-0.05, 0) is 17.7 Å². The lowest BCUT2D eigenvalue weighted by Gasteiger charge is -2.17. The van der Waals surface area contributed by atoms with Gasteiger partial charge in [0.15, 0.2) is 17.5 Å². The summed E-state index contributed by atoms with van der Waals surface area (Å²) in [7, 11) is 9.77. The summed E-state index contributed by atoms with van der Waals surface area (Å²) in [6, 6.07) is 9.41. The van der Waals surface area contributed by atoms with Gasteiger partial charge < -0.3 is 34.3 Å². The number of guanidine groups is 1. The smallest absolute Gasteiger partial charge is 0.191 e. The maximum absolute atomic E-state index is 5.49. The molecule has 2 rings (SSSR count). The molecule has 0 heterocycles. The number of hydrogen-bond acceptors (Lipinski definition) is 6. The Hall–Kier alpha value is -2.56. The van der Waals surface area contributed by atoms with E-state index in [2.05, 4.69) is 15.6 Å². The third-order valence-corrected chi connectivity index (χ3v) is 4.38. The van der Waals surface area contributed by atoms with Crippen molar-refractivity contribution in [2.75, 3.05) is 42.6 Å². The van der Waals surface area contributed by atoms with Crippen molar-refractivity contribution in [3.8, 4) is 28.7 Å². The molecule has 0 unspecified atom stereocenters. The zero-order chi connectivity index (χ0) is 21.2. The quantitative estimate of drug-likeness (QED) is 0.292. The zero-order valence-electron chi connectivity index (χ0n) is 18.2. The molecule has 2 N–H and O–H groups in total. The largest absolute Gasteiger partial charge is 0.496 e. The Morgan fingerprint density at radius 2 is 1.30 bits per heavy atom. The highest BCUT2D eigenvalue weighted by molar-refractivity contribution is 14.0. The second-order valence-corrected chi connectivity index (χ2v) is 5.98. The second kappa shape index (κ2) is 12.9. The summed E-state index contributed by atoms with van der Waals surface area (Å²) in [4.78, 5) is 4.27. The molecule has 0 fully saturated rings. The van der Waals surface area contributed by atoms with E-state index in [0.717, 1.165) is 11.1 Å². The fraction of sp³-hybridized carbons (Fsp3) is 0.381. The summed E-state index contributed by atoms with van der Waals surface area (Å²) in [5.41, 5.74) is 1.90. The molecule has 2 aromatic rings. The summed E-state index contributed by atoms with van der Waals surface area (Å²) >= 11 is 0. The molecule has 2 aromatic carbocycles. The third-order valence-electron chi connectivity index (χ3n) is 4.38. The Bertz CT molecular complexity index is 820. The lowest BCUT2D eigenvalue weighted by atomic mass is 10.1. The van der Waals surface area contributed by atoms with Crippen LogP contribution in [0.15, 0.2) is 35.3 Å². The van der Waals surface area contributed by atoms with Gasteiger partial charge in [-0.15, -0.1) is 24.0 Å². The maximum Gasteiger partial charge on any atom is 0.191 e. The maximum atomic E-state index is 5.49. The molecule has 0 aliphatic rings. The van der Waals surface area contributed by atoms with Gasteiger partial charge in [0.25, 0.3) is 0 Å². The zero-order valence-corrected chi connectivity index (χ0v) is 20.5. The van der Waals surface area contributed by atoms with Crippen molar-refractivity contribution in [2.45, 2.75) is 13.1 Å². The van der Waals surface area contributed by atoms with Crippen LogP contribution in [0.1, 0.15) is 11.1 Å². The Labute approximate surface area is 194 Å². The summed E-state index contributed by atoms with van der Waals surface area (Å²) in [5.74, 6) is 4.02. The molecule has 0 aliphatic carbocycles. The molecule has 0 spiro atoms. The first-order valence-corrected chi connectivity index (χ1v) is 9.04. The number of ether oxygens (including phenoxy) is 5. The van der Waals surface area contributed by atoms with Crippen molar-refractivity contribution in [1.82, 2.24) is 10.6 Å². The van der Waals surface area contributed by atoms with Gasteiger partial charge in [0, 0.05) is 25.7 Å². The minimum Gasteiger partial charge on any atom is -0.496 e. The van der Waals surface area contributed by atoms with Crippen LogP contribution in [-0.2, 0) is 13.1 Å². The summed E-state index contributed by atoms with van der Waals surface area (Å²) in [5, 5.41) is 6.55. The average molecular weight is 531 g/mol. The summed E-state index contributed by atoms with van der Waals surface area (Å²) in [6.07, 6.45) is 0. The van der Waals surface area contributed by atoms with Crippen LogP contribution in [0.5, 0.6) is 28.7 Å². The number of nitrogens with one attached hydrogen (secondary N) is 2. The number of rotatable bonds is 9. The number of halogens is 1. The van der Waals surface area contributed by atoms with Crippen LogP contribution in [-0.4, -0.2) is 48.6 Å². The summed E-state index contributed by atoms with van der Waals surface area (Å²) in [6.45, 7) is 1.03. The van der Waals surface area contributed by atoms with Crippen LogP contribution < -0.4 is 34.3 Å². The Morgan fingerprint density at radius 1 is 0.733 bits per heavy atom. The van der Waals surface area contributed by atoms with Crippen LogP contribution >= 0.6 is 24.0 Å². The molecular formula is C21H30IN3O5. The van der Waals surface area contributed by atoms with E-state index in [1.54, 1.807) is 42.6 Å². The van der Waals surface area contributed by atoms with Gasteiger partial charge in [-0.2, -0.15) is 0 Å². The van der Waals surface area contributed by atoms with Gasteiger partial charge in [-0.25, -0.2) is 0 Å². The van der Waals surface area contributed by atoms with E-state index in [9.17, 15) is 0 Å². The van der Waals surface area contributed by atoms with Crippen LogP contribution in [0.4, 0.5) is 0 Å². The van der Waals surface area contributed by atoms with Gasteiger partial charge in [0.05, 0.1) is 47.7 Å². The SMILES string of the molecule is CN=C(NCc1ccc(OC)c(OC)c1)NCc1c(OC)cc(OC)cc1OC.I. The Kier molecular flexibility index (Phi) is 10.9. The molecule has 8 nitrogen and oxygen atoms in total. The van der Waals surface area contributed by atoms with Crippen LogP contribution in [0.2, 0.25) is 0 Å². The minimum absolute atomic E-state index is 0. The molecule has 0 amide bonds. The molecule has 30 heavy (non-hydrogen) atoms. The standard InChI is InChI=1S/C21H29N3O5.HI/c1-22-21(23-12-14-7-8-17(26-3)20(9-14)29-6)24-13-16-18(27-4)10-15(25-2)11-19(16)28-5;/h7-11H,12-13H2,1-6H3,(H2,22,23,24);1H. The Morgan fingerprint density at radius 3 is 1.80 bits per heavy atom. The second-order valence-electron chi connectivity index (χ2n) is 5.98. The molecule has 9 heteroatoms. The lowest BCUT2D eigenvalue weighted by Crippen LogP contribution is -2.36. The van der Waals surface area contributed by atoms with E-state index in [-0.39, 0.29) is 24.0 Å². The number of methoxy groups -OCH3 is 5. The molecule has 0 atom stereocenters. The van der Waals surface area contributed by atoms with Crippen molar-refractivity contribution in [2.24, 2.45) is 4.99 Å². The molecule has 166 valence electrons. The molecule has 0 bridgehead atoms. The molecule has 0 radical (unpaired) electrons. The van der Waals surface area contributed by atoms with E-state index in [0.29, 0.717) is 47.8 Å². The van der Waals surface area contributed by atoms with E-state index >= 15 is 0 Å². The molecular weight excluding hydrogens is 501 g/mol. The molecule has 0 aliphatic heterocycles. The predicted molar refractivity (Wildman–Crippen MR) is 128 cm³/mol. The van der Waals surface area contributed by atoms with Crippen molar-refractivity contribution in [1.29, 1.82) is 0 Å². The third kappa shape index (κ3) is 6.48. The van der Waals surface area contributed by atoms with E-state index in [1.807, 2.05) is 30.3 Å². The fourth-order valence-corrected chi connectivity index (χ4v) is 2.82. The minimum atomic E-state index is 0. The highest BCUT2D eigenvalue weighted by Crippen LogP contribution is 2.33. The van der Waals surface area contributed by atoms with Crippen LogP contribution in [0.3, 0.4) is 0 Å². The van der Waals surface area contributed by atoms with E-state index < -0.39 is 0 Å². The summed E-state index contributed by atoms with van der Waals surface area (Å²) < 4.78 is 26.9. The van der Waals surface area contributed by atoms with Crippen molar-refractivity contribution in [3.63, 3.8) is 0 Å². The van der Waals surface area contributed by atoms with Gasteiger partial charge >= 0.3 is 0 Å². The van der Waals surface area contributed by atoms with Crippen LogP contribution in [0, 0.1) is 0 Å². The van der Waals surface area contributed by atoms with Crippen molar-refractivity contribution in [3.05, 3.63) is 41.5 Å². The van der Waals surface area contributed by atoms with E-state index in [4.69, 9.17) is 23.7 Å². The first-order chi connectivity index (χ1) is 14.1. The monoisotopic (exact) mass is 531 g/mol. The van der Waals surface area contributed by atoms with Gasteiger partial charge in [0.1, 0.15) is 17.2 Å². The van der Waals surface area contributed by atoms with Crippen molar-refractivity contribution < 1.29 is 23.7 Å². The average Bonchev–Trinajstić information content (AvgIpc) is 2.78. The van der Waals surface area contributed by atoms with Gasteiger partial charge in [-0.3, -0.25) is 4.99 Å². The fourth-order valence-electron chi connectivity index (χ4n) is 2.82. The predicted octanol–water partition coefficient (Wildman–Crippen LogP) is 3.21. The first kappa shape index (κ1) is 25.5. The molecule has 0 saturated carbocycles. The number of nitrogens with zero attached hydrogens (tertiary/aromatic N) is 1. The van der Waals surface area contributed by atoms with Gasteiger partial charge in [-0.1, -0.05) is 6.07 Å². The number of aliphatic imine (C=N–C) groups is 1. The normalized spacial score (nSPS) is 10.5. The lowest BCUT2D eigenvalue weighted by molar-refractivity contribution is 0.354. The van der Waals surface area contributed by atoms with Crippen molar-refractivity contribution >= 4 is 29.9 Å². The first-order valence-electron chi connectivity index (χ1n) is 9.04. The molecule has 0 aromatic heterocycles. The van der Waals surface area contributed by atoms with E-state index in [1.165, 1.54) is 0 Å². The number of hydrogen-bond donors (Lipinski definition) is 2.